The molecular weight excluding hydrogens is 290 g/mol. The molecule has 0 spiro atoms. The van der Waals surface area contributed by atoms with Crippen LogP contribution >= 0.6 is 0 Å². The first-order valence-electron chi connectivity index (χ1n) is 7.59. The third kappa shape index (κ3) is 2.38. The predicted molar refractivity (Wildman–Crippen MR) is 86.4 cm³/mol. The van der Waals surface area contributed by atoms with E-state index in [4.69, 9.17) is 19.7 Å². The number of hydrogen-bond acceptors (Lipinski definition) is 4. The fraction of sp³-hybridized carbons (Fsp3) is 0.222. The van der Waals surface area contributed by atoms with Crippen LogP contribution in [-0.4, -0.2) is 22.8 Å². The van der Waals surface area contributed by atoms with E-state index in [9.17, 15) is 0 Å². The van der Waals surface area contributed by atoms with Gasteiger partial charge in [0.1, 0.15) is 19.0 Å². The van der Waals surface area contributed by atoms with Gasteiger partial charge >= 0.3 is 0 Å². The van der Waals surface area contributed by atoms with Gasteiger partial charge in [0.25, 0.3) is 0 Å². The number of hydrogen-bond donors (Lipinski definition) is 0. The molecular formula is C18H15N3O2. The van der Waals surface area contributed by atoms with Crippen molar-refractivity contribution in [2.45, 2.75) is 13.0 Å². The first kappa shape index (κ1) is 13.6. The lowest BCUT2D eigenvalue weighted by Gasteiger charge is -2.18. The predicted octanol–water partition coefficient (Wildman–Crippen LogP) is 3.39. The van der Waals surface area contributed by atoms with Crippen LogP contribution in [0.15, 0.2) is 42.5 Å². The number of nitrogens with zero attached hydrogens (tertiary/aromatic N) is 3. The topological polar surface area (TPSA) is 60.1 Å². The Bertz CT molecular complexity index is 894. The molecule has 0 radical (unpaired) electrons. The zero-order valence-electron chi connectivity index (χ0n) is 12.5. The summed E-state index contributed by atoms with van der Waals surface area (Å²) >= 11 is 0. The van der Waals surface area contributed by atoms with Crippen LogP contribution in [0, 0.1) is 11.3 Å². The monoisotopic (exact) mass is 305 g/mol. The molecule has 2 aromatic carbocycles. The minimum atomic E-state index is 0.430. The van der Waals surface area contributed by atoms with E-state index in [0.29, 0.717) is 26.2 Å². The maximum atomic E-state index is 8.96. The lowest BCUT2D eigenvalue weighted by atomic mass is 10.2. The molecule has 0 N–H and O–H groups in total. The van der Waals surface area contributed by atoms with Crippen molar-refractivity contribution < 1.29 is 9.47 Å². The van der Waals surface area contributed by atoms with E-state index in [2.05, 4.69) is 10.6 Å². The molecule has 114 valence electrons. The molecule has 3 aromatic rings. The number of aryl methyl sites for hydroxylation is 1. The lowest BCUT2D eigenvalue weighted by molar-refractivity contribution is 0.172. The molecule has 0 unspecified atom stereocenters. The molecule has 4 rings (SSSR count). The molecule has 0 amide bonds. The van der Waals surface area contributed by atoms with Crippen molar-refractivity contribution in [3.05, 3.63) is 42.5 Å². The standard InChI is InChI=1S/C18H15N3O2/c19-7-4-8-21-15-12-17-16(22-9-10-23-17)11-14(15)20-18(21)13-5-2-1-3-6-13/h1-3,5-6,11-12H,4,8-10H2. The van der Waals surface area contributed by atoms with Gasteiger partial charge in [-0.05, 0) is 0 Å². The summed E-state index contributed by atoms with van der Waals surface area (Å²) in [6.07, 6.45) is 0.430. The third-order valence-corrected chi connectivity index (χ3v) is 3.89. The fourth-order valence-electron chi connectivity index (χ4n) is 2.86. The number of fused-ring (bicyclic) bond motifs is 2. The van der Waals surface area contributed by atoms with Gasteiger partial charge in [0.15, 0.2) is 11.5 Å². The second kappa shape index (κ2) is 5.65. The summed E-state index contributed by atoms with van der Waals surface area (Å²) in [7, 11) is 0. The van der Waals surface area contributed by atoms with Gasteiger partial charge in [-0.25, -0.2) is 4.98 Å². The highest BCUT2D eigenvalue weighted by atomic mass is 16.6. The van der Waals surface area contributed by atoms with Crippen LogP contribution in [0.3, 0.4) is 0 Å². The summed E-state index contributed by atoms with van der Waals surface area (Å²) in [4.78, 5) is 4.76. The summed E-state index contributed by atoms with van der Waals surface area (Å²) in [5.41, 5.74) is 2.84. The summed E-state index contributed by atoms with van der Waals surface area (Å²) in [5, 5.41) is 8.96. The maximum Gasteiger partial charge on any atom is 0.163 e. The van der Waals surface area contributed by atoms with Crippen molar-refractivity contribution in [3.8, 4) is 29.0 Å². The molecule has 0 atom stereocenters. The van der Waals surface area contributed by atoms with E-state index in [1.54, 1.807) is 0 Å². The zero-order valence-corrected chi connectivity index (χ0v) is 12.5. The molecule has 5 nitrogen and oxygen atoms in total. The minimum absolute atomic E-state index is 0.430. The summed E-state index contributed by atoms with van der Waals surface area (Å²) in [5.74, 6) is 2.33. The largest absolute Gasteiger partial charge is 0.486 e. The molecule has 0 fully saturated rings. The Morgan fingerprint density at radius 3 is 2.57 bits per heavy atom. The molecule has 23 heavy (non-hydrogen) atoms. The SMILES string of the molecule is N#CCCn1c(-c2ccccc2)nc2cc3c(cc21)OCCO3. The average Bonchev–Trinajstić information content (AvgIpc) is 2.96. The summed E-state index contributed by atoms with van der Waals surface area (Å²) in [6.45, 7) is 1.70. The van der Waals surface area contributed by atoms with Crippen molar-refractivity contribution in [2.24, 2.45) is 0 Å². The fourth-order valence-corrected chi connectivity index (χ4v) is 2.86. The molecule has 0 saturated heterocycles. The summed E-state index contributed by atoms with van der Waals surface area (Å²) in [6, 6.07) is 16.1. The van der Waals surface area contributed by atoms with Gasteiger partial charge in [-0.1, -0.05) is 30.3 Å². The van der Waals surface area contributed by atoms with Gasteiger partial charge in [0.05, 0.1) is 23.5 Å². The second-order valence-electron chi connectivity index (χ2n) is 5.35. The normalized spacial score (nSPS) is 13.0. The highest BCUT2D eigenvalue weighted by Crippen LogP contribution is 2.36. The van der Waals surface area contributed by atoms with Gasteiger partial charge < -0.3 is 14.0 Å². The van der Waals surface area contributed by atoms with Crippen molar-refractivity contribution in [1.29, 1.82) is 5.26 Å². The summed E-state index contributed by atoms with van der Waals surface area (Å²) < 4.78 is 13.4. The quantitative estimate of drug-likeness (QED) is 0.744. The number of nitriles is 1. The lowest BCUT2D eigenvalue weighted by Crippen LogP contribution is -2.15. The first-order valence-corrected chi connectivity index (χ1v) is 7.59. The van der Waals surface area contributed by atoms with Crippen molar-refractivity contribution in [2.75, 3.05) is 13.2 Å². The van der Waals surface area contributed by atoms with Crippen molar-refractivity contribution in [1.82, 2.24) is 9.55 Å². The van der Waals surface area contributed by atoms with Gasteiger partial charge in [0.2, 0.25) is 0 Å². The van der Waals surface area contributed by atoms with Gasteiger partial charge in [-0.2, -0.15) is 5.26 Å². The Labute approximate surface area is 133 Å². The molecule has 5 heteroatoms. The Balaban J connectivity index is 1.93. The van der Waals surface area contributed by atoms with Gasteiger partial charge in [-0.3, -0.25) is 0 Å². The molecule has 0 aliphatic carbocycles. The Morgan fingerprint density at radius 2 is 1.83 bits per heavy atom. The van der Waals surface area contributed by atoms with Crippen LogP contribution in [0.5, 0.6) is 11.5 Å². The minimum Gasteiger partial charge on any atom is -0.486 e. The van der Waals surface area contributed by atoms with Crippen molar-refractivity contribution in [3.63, 3.8) is 0 Å². The van der Waals surface area contributed by atoms with Crippen LogP contribution in [0.2, 0.25) is 0 Å². The van der Waals surface area contributed by atoms with Crippen molar-refractivity contribution >= 4 is 11.0 Å². The molecule has 2 heterocycles. The molecule has 1 aromatic heterocycles. The Morgan fingerprint density at radius 1 is 1.09 bits per heavy atom. The van der Waals surface area contributed by atoms with E-state index >= 15 is 0 Å². The maximum absolute atomic E-state index is 8.96. The average molecular weight is 305 g/mol. The van der Waals surface area contributed by atoms with Crippen LogP contribution in [-0.2, 0) is 6.54 Å². The highest BCUT2D eigenvalue weighted by Gasteiger charge is 2.18. The Kier molecular flexibility index (Phi) is 3.35. The van der Waals surface area contributed by atoms with E-state index in [-0.39, 0.29) is 0 Å². The first-order chi connectivity index (χ1) is 11.4. The second-order valence-corrected chi connectivity index (χ2v) is 5.35. The molecule has 1 aliphatic heterocycles. The van der Waals surface area contributed by atoms with Crippen LogP contribution in [0.1, 0.15) is 6.42 Å². The number of ether oxygens (including phenoxy) is 2. The van der Waals surface area contributed by atoms with E-state index in [0.717, 1.165) is 33.9 Å². The number of benzene rings is 2. The zero-order chi connectivity index (χ0) is 15.6. The van der Waals surface area contributed by atoms with E-state index in [1.807, 2.05) is 42.5 Å². The highest BCUT2D eigenvalue weighted by molar-refractivity contribution is 5.84. The smallest absolute Gasteiger partial charge is 0.163 e. The van der Waals surface area contributed by atoms with Crippen LogP contribution < -0.4 is 9.47 Å². The van der Waals surface area contributed by atoms with Crippen LogP contribution in [0.4, 0.5) is 0 Å². The molecule has 1 aliphatic rings. The number of imidazole rings is 1. The van der Waals surface area contributed by atoms with Gasteiger partial charge in [-0.15, -0.1) is 0 Å². The molecule has 0 saturated carbocycles. The number of rotatable bonds is 3. The van der Waals surface area contributed by atoms with E-state index in [1.165, 1.54) is 0 Å². The van der Waals surface area contributed by atoms with Crippen LogP contribution in [0.25, 0.3) is 22.4 Å². The number of aromatic nitrogens is 2. The molecule has 0 bridgehead atoms. The Hall–Kier alpha value is -3.00. The van der Waals surface area contributed by atoms with Gasteiger partial charge in [0, 0.05) is 24.2 Å². The third-order valence-electron chi connectivity index (χ3n) is 3.89. The van der Waals surface area contributed by atoms with E-state index < -0.39 is 0 Å².